The average Bonchev–Trinajstić information content (AvgIpc) is 2.74. The van der Waals surface area contributed by atoms with Gasteiger partial charge in [0.2, 0.25) is 0 Å². The fraction of sp³-hybridized carbons (Fsp3) is 0.533. The minimum Gasteiger partial charge on any atom is -0.493 e. The maximum Gasteiger partial charge on any atom is 0.129 e. The molecule has 2 aliphatic heterocycles. The highest BCUT2D eigenvalue weighted by molar-refractivity contribution is 5.75. The number of rotatable bonds is 4. The quantitative estimate of drug-likeness (QED) is 0.817. The molecule has 3 rings (SSSR count). The first-order valence-electron chi connectivity index (χ1n) is 6.53. The fourth-order valence-corrected chi connectivity index (χ4v) is 2.74. The van der Waals surface area contributed by atoms with E-state index in [1.54, 1.807) is 6.92 Å². The largest absolute Gasteiger partial charge is 0.493 e. The van der Waals surface area contributed by atoms with Crippen molar-refractivity contribution >= 4 is 5.78 Å². The van der Waals surface area contributed by atoms with Gasteiger partial charge in [0.15, 0.2) is 0 Å². The molecule has 2 aliphatic rings. The van der Waals surface area contributed by atoms with Gasteiger partial charge in [-0.2, -0.15) is 0 Å². The first-order chi connectivity index (χ1) is 8.70. The van der Waals surface area contributed by atoms with Crippen LogP contribution in [0, 0.1) is 0 Å². The first kappa shape index (κ1) is 11.7. The normalized spacial score (nSPS) is 19.8. The molecule has 0 radical (unpaired) electrons. The van der Waals surface area contributed by atoms with Crippen LogP contribution in [-0.4, -0.2) is 25.6 Å². The molecule has 0 amide bonds. The molecule has 0 saturated carbocycles. The molecule has 1 saturated heterocycles. The third-order valence-electron chi connectivity index (χ3n) is 4.01. The smallest absolute Gasteiger partial charge is 0.129 e. The van der Waals surface area contributed by atoms with Gasteiger partial charge in [-0.15, -0.1) is 0 Å². The van der Waals surface area contributed by atoms with Crippen LogP contribution in [0.15, 0.2) is 18.2 Å². The number of fused-ring (bicyclic) bond motifs is 1. The maximum absolute atomic E-state index is 11.2. The Balaban J connectivity index is 1.85. The fourth-order valence-electron chi connectivity index (χ4n) is 2.74. The third kappa shape index (κ3) is 1.93. The van der Waals surface area contributed by atoms with Gasteiger partial charge in [0.1, 0.15) is 11.5 Å². The molecular formula is C15H18O3. The summed E-state index contributed by atoms with van der Waals surface area (Å²) in [7, 11) is 0. The lowest BCUT2D eigenvalue weighted by atomic mass is 9.74. The molecule has 0 atom stereocenters. The second-order valence-electron chi connectivity index (χ2n) is 5.40. The standard InChI is InChI=1S/C15H18O3/c1-11(16)4-6-15(9-17-10-15)13-2-3-14-12(8-13)5-7-18-14/h2-3,8H,4-7,9-10H2,1H3. The summed E-state index contributed by atoms with van der Waals surface area (Å²) < 4.78 is 10.9. The number of Topliss-reactive ketones (excluding diaryl/α,β-unsaturated/α-hetero) is 1. The Kier molecular flexibility index (Phi) is 2.86. The summed E-state index contributed by atoms with van der Waals surface area (Å²) in [4.78, 5) is 11.2. The zero-order valence-electron chi connectivity index (χ0n) is 10.7. The summed E-state index contributed by atoms with van der Waals surface area (Å²) in [6.45, 7) is 3.92. The molecule has 1 aromatic carbocycles. The highest BCUT2D eigenvalue weighted by Crippen LogP contribution is 2.39. The summed E-state index contributed by atoms with van der Waals surface area (Å²) in [5, 5.41) is 0. The first-order valence-corrected chi connectivity index (χ1v) is 6.53. The molecule has 18 heavy (non-hydrogen) atoms. The molecule has 0 unspecified atom stereocenters. The highest BCUT2D eigenvalue weighted by Gasteiger charge is 2.40. The number of carbonyl (C=O) groups excluding carboxylic acids is 1. The van der Waals surface area contributed by atoms with Crippen LogP contribution in [-0.2, 0) is 21.4 Å². The van der Waals surface area contributed by atoms with Gasteiger partial charge in [0.05, 0.1) is 19.8 Å². The van der Waals surface area contributed by atoms with Crippen molar-refractivity contribution in [3.63, 3.8) is 0 Å². The van der Waals surface area contributed by atoms with E-state index in [-0.39, 0.29) is 11.2 Å². The molecule has 0 N–H and O–H groups in total. The predicted octanol–water partition coefficient (Wildman–Crippen LogP) is 2.26. The Bertz CT molecular complexity index is 475. The van der Waals surface area contributed by atoms with E-state index in [0.717, 1.165) is 38.4 Å². The second kappa shape index (κ2) is 4.39. The molecule has 0 bridgehead atoms. The molecule has 1 aromatic rings. The maximum atomic E-state index is 11.2. The summed E-state index contributed by atoms with van der Waals surface area (Å²) in [6, 6.07) is 6.43. The number of carbonyl (C=O) groups is 1. The molecule has 0 aliphatic carbocycles. The van der Waals surface area contributed by atoms with E-state index in [1.165, 1.54) is 11.1 Å². The van der Waals surface area contributed by atoms with E-state index in [0.29, 0.717) is 6.42 Å². The number of hydrogen-bond donors (Lipinski definition) is 0. The predicted molar refractivity (Wildman–Crippen MR) is 68.1 cm³/mol. The Hall–Kier alpha value is -1.35. The van der Waals surface area contributed by atoms with Gasteiger partial charge in [-0.25, -0.2) is 0 Å². The lowest BCUT2D eigenvalue weighted by molar-refractivity contribution is -0.119. The highest BCUT2D eigenvalue weighted by atomic mass is 16.5. The monoisotopic (exact) mass is 246 g/mol. The second-order valence-corrected chi connectivity index (χ2v) is 5.40. The number of ether oxygens (including phenoxy) is 2. The number of hydrogen-bond acceptors (Lipinski definition) is 3. The minimum atomic E-state index is 0.0588. The van der Waals surface area contributed by atoms with Crippen molar-refractivity contribution in [1.82, 2.24) is 0 Å². The van der Waals surface area contributed by atoms with Crippen LogP contribution in [0.5, 0.6) is 5.75 Å². The van der Waals surface area contributed by atoms with Crippen molar-refractivity contribution in [1.29, 1.82) is 0 Å². The molecule has 0 spiro atoms. The van der Waals surface area contributed by atoms with Crippen molar-refractivity contribution < 1.29 is 14.3 Å². The molecule has 1 fully saturated rings. The van der Waals surface area contributed by atoms with Crippen molar-refractivity contribution in [2.75, 3.05) is 19.8 Å². The van der Waals surface area contributed by atoms with Crippen molar-refractivity contribution in [3.05, 3.63) is 29.3 Å². The van der Waals surface area contributed by atoms with Gasteiger partial charge in [0, 0.05) is 18.3 Å². The Labute approximate surface area is 107 Å². The van der Waals surface area contributed by atoms with Crippen LogP contribution in [0.4, 0.5) is 0 Å². The summed E-state index contributed by atoms with van der Waals surface area (Å²) in [6.07, 6.45) is 2.52. The molecular weight excluding hydrogens is 228 g/mol. The van der Waals surface area contributed by atoms with Crippen LogP contribution in [0.2, 0.25) is 0 Å². The van der Waals surface area contributed by atoms with Gasteiger partial charge < -0.3 is 14.3 Å². The van der Waals surface area contributed by atoms with E-state index < -0.39 is 0 Å². The average molecular weight is 246 g/mol. The van der Waals surface area contributed by atoms with E-state index in [4.69, 9.17) is 9.47 Å². The number of ketones is 1. The SMILES string of the molecule is CC(=O)CCC1(c2ccc3c(c2)CCO3)COC1. The van der Waals surface area contributed by atoms with Crippen LogP contribution in [0.3, 0.4) is 0 Å². The van der Waals surface area contributed by atoms with E-state index >= 15 is 0 Å². The van der Waals surface area contributed by atoms with Crippen LogP contribution in [0.1, 0.15) is 30.9 Å². The zero-order chi connectivity index (χ0) is 12.6. The molecule has 3 nitrogen and oxygen atoms in total. The third-order valence-corrected chi connectivity index (χ3v) is 4.01. The summed E-state index contributed by atoms with van der Waals surface area (Å²) in [5.74, 6) is 1.27. The van der Waals surface area contributed by atoms with Crippen LogP contribution in [0.25, 0.3) is 0 Å². The zero-order valence-corrected chi connectivity index (χ0v) is 10.7. The summed E-state index contributed by atoms with van der Waals surface area (Å²) >= 11 is 0. The Morgan fingerprint density at radius 1 is 1.39 bits per heavy atom. The van der Waals surface area contributed by atoms with Gasteiger partial charge in [-0.05, 0) is 30.5 Å². The Morgan fingerprint density at radius 2 is 2.22 bits per heavy atom. The van der Waals surface area contributed by atoms with Crippen molar-refractivity contribution in [2.24, 2.45) is 0 Å². The summed E-state index contributed by atoms with van der Waals surface area (Å²) in [5.41, 5.74) is 2.66. The molecule has 0 aromatic heterocycles. The number of benzene rings is 1. The molecule has 96 valence electrons. The lowest BCUT2D eigenvalue weighted by Gasteiger charge is -2.42. The van der Waals surface area contributed by atoms with Gasteiger partial charge in [-0.3, -0.25) is 0 Å². The van der Waals surface area contributed by atoms with E-state index in [9.17, 15) is 4.79 Å². The van der Waals surface area contributed by atoms with Crippen LogP contribution >= 0.6 is 0 Å². The molecule has 2 heterocycles. The van der Waals surface area contributed by atoms with Crippen LogP contribution < -0.4 is 4.74 Å². The minimum absolute atomic E-state index is 0.0588. The topological polar surface area (TPSA) is 35.5 Å². The molecule has 3 heteroatoms. The van der Waals surface area contributed by atoms with E-state index in [1.807, 2.05) is 0 Å². The van der Waals surface area contributed by atoms with Crippen molar-refractivity contribution in [3.8, 4) is 5.75 Å². The van der Waals surface area contributed by atoms with Crippen molar-refractivity contribution in [2.45, 2.75) is 31.6 Å². The lowest BCUT2D eigenvalue weighted by Crippen LogP contribution is -2.47. The van der Waals surface area contributed by atoms with Gasteiger partial charge >= 0.3 is 0 Å². The van der Waals surface area contributed by atoms with E-state index in [2.05, 4.69) is 18.2 Å². The Morgan fingerprint density at radius 3 is 2.89 bits per heavy atom. The van der Waals surface area contributed by atoms with Gasteiger partial charge in [0.25, 0.3) is 0 Å². The van der Waals surface area contributed by atoms with Gasteiger partial charge in [-0.1, -0.05) is 12.1 Å².